The van der Waals surface area contributed by atoms with Gasteiger partial charge in [0, 0.05) is 12.8 Å². The molecule has 4 N–H and O–H groups in total. The number of carbonyl (C=O) groups is 3. The van der Waals surface area contributed by atoms with Crippen LogP contribution >= 0.6 is 0 Å². The van der Waals surface area contributed by atoms with Gasteiger partial charge in [-0.3, -0.25) is 9.59 Å². The highest BCUT2D eigenvalue weighted by Gasteiger charge is 2.47. The number of hydrogen-bond acceptors (Lipinski definition) is 10. The van der Waals surface area contributed by atoms with E-state index in [4.69, 9.17) is 18.9 Å². The van der Waals surface area contributed by atoms with Crippen LogP contribution in [0.15, 0.2) is 60.8 Å². The molecule has 0 amide bonds. The molecule has 0 radical (unpaired) electrons. The summed E-state index contributed by atoms with van der Waals surface area (Å²) in [5, 5.41) is 40.0. The van der Waals surface area contributed by atoms with Gasteiger partial charge in [-0.25, -0.2) is 4.79 Å². The third-order valence-electron chi connectivity index (χ3n) is 11.9. The molecule has 6 unspecified atom stereocenters. The smallest absolute Gasteiger partial charge is 0.335 e. The fraction of sp³-hybridized carbons (Fsp3) is 0.764. The molecule has 380 valence electrons. The summed E-state index contributed by atoms with van der Waals surface area (Å²) >= 11 is 0. The molecule has 0 aromatic heterocycles. The molecular formula is C55H94O11. The lowest BCUT2D eigenvalue weighted by Crippen LogP contribution is -2.60. The van der Waals surface area contributed by atoms with E-state index in [0.29, 0.717) is 12.8 Å². The Morgan fingerprint density at radius 1 is 0.485 bits per heavy atom. The van der Waals surface area contributed by atoms with E-state index in [1.807, 2.05) is 0 Å². The summed E-state index contributed by atoms with van der Waals surface area (Å²) in [6.45, 7) is 3.70. The van der Waals surface area contributed by atoms with Crippen LogP contribution in [-0.2, 0) is 33.3 Å². The Hall–Kier alpha value is -3.09. The summed E-state index contributed by atoms with van der Waals surface area (Å²) in [5.41, 5.74) is 0. The highest BCUT2D eigenvalue weighted by Crippen LogP contribution is 2.23. The van der Waals surface area contributed by atoms with Crippen molar-refractivity contribution in [2.75, 3.05) is 13.2 Å². The average molecular weight is 931 g/mol. The molecule has 11 heteroatoms. The second-order valence-corrected chi connectivity index (χ2v) is 18.0. The minimum absolute atomic E-state index is 0.177. The number of unbranched alkanes of at least 4 members (excludes halogenated alkanes) is 23. The number of aliphatic hydroxyl groups excluding tert-OH is 3. The fourth-order valence-electron chi connectivity index (χ4n) is 7.79. The number of hydrogen-bond donors (Lipinski definition) is 4. The molecule has 0 aliphatic carbocycles. The Morgan fingerprint density at radius 3 is 1.35 bits per heavy atom. The van der Waals surface area contributed by atoms with Crippen molar-refractivity contribution in [1.29, 1.82) is 0 Å². The summed E-state index contributed by atoms with van der Waals surface area (Å²) in [5.74, 6) is -2.48. The number of allylic oxidation sites excluding steroid dienone is 10. The van der Waals surface area contributed by atoms with Gasteiger partial charge in [0.2, 0.25) is 0 Å². The molecule has 0 bridgehead atoms. The number of carboxylic acids is 1. The van der Waals surface area contributed by atoms with Gasteiger partial charge < -0.3 is 39.4 Å². The van der Waals surface area contributed by atoms with Gasteiger partial charge in [0.15, 0.2) is 18.5 Å². The first kappa shape index (κ1) is 60.9. The van der Waals surface area contributed by atoms with Crippen LogP contribution in [0.3, 0.4) is 0 Å². The molecule has 6 atom stereocenters. The largest absolute Gasteiger partial charge is 0.479 e. The monoisotopic (exact) mass is 931 g/mol. The van der Waals surface area contributed by atoms with Crippen LogP contribution in [0, 0.1) is 0 Å². The summed E-state index contributed by atoms with van der Waals surface area (Å²) in [6.07, 6.45) is 47.0. The van der Waals surface area contributed by atoms with Gasteiger partial charge >= 0.3 is 17.9 Å². The summed E-state index contributed by atoms with van der Waals surface area (Å²) in [6, 6.07) is 0. The molecule has 0 spiro atoms. The van der Waals surface area contributed by atoms with Crippen LogP contribution in [0.4, 0.5) is 0 Å². The van der Waals surface area contributed by atoms with E-state index in [-0.39, 0.29) is 19.4 Å². The zero-order valence-corrected chi connectivity index (χ0v) is 41.4. The number of esters is 2. The Labute approximate surface area is 400 Å². The van der Waals surface area contributed by atoms with Crippen molar-refractivity contribution >= 4 is 17.9 Å². The van der Waals surface area contributed by atoms with Gasteiger partial charge in [-0.05, 0) is 57.8 Å². The third-order valence-corrected chi connectivity index (χ3v) is 11.9. The van der Waals surface area contributed by atoms with Crippen molar-refractivity contribution in [3.05, 3.63) is 60.8 Å². The van der Waals surface area contributed by atoms with Crippen molar-refractivity contribution in [3.63, 3.8) is 0 Å². The van der Waals surface area contributed by atoms with Gasteiger partial charge in [0.25, 0.3) is 0 Å². The van der Waals surface area contributed by atoms with E-state index in [9.17, 15) is 34.8 Å². The lowest BCUT2D eigenvalue weighted by molar-refractivity contribution is -0.298. The Bertz CT molecular complexity index is 1320. The fourth-order valence-corrected chi connectivity index (χ4v) is 7.79. The van der Waals surface area contributed by atoms with Crippen LogP contribution in [0.25, 0.3) is 0 Å². The van der Waals surface area contributed by atoms with Crippen LogP contribution in [0.2, 0.25) is 0 Å². The number of ether oxygens (including phenoxy) is 4. The first-order chi connectivity index (χ1) is 32.2. The van der Waals surface area contributed by atoms with Gasteiger partial charge in [-0.15, -0.1) is 0 Å². The second kappa shape index (κ2) is 44.4. The summed E-state index contributed by atoms with van der Waals surface area (Å²) in [7, 11) is 0. The van der Waals surface area contributed by atoms with E-state index in [2.05, 4.69) is 74.6 Å². The number of carbonyl (C=O) groups excluding carboxylic acids is 2. The van der Waals surface area contributed by atoms with Crippen LogP contribution in [0.5, 0.6) is 0 Å². The second-order valence-electron chi connectivity index (χ2n) is 18.0. The lowest BCUT2D eigenvalue weighted by atomic mass is 9.99. The molecule has 1 fully saturated rings. The first-order valence-corrected chi connectivity index (χ1v) is 26.3. The molecule has 1 heterocycles. The van der Waals surface area contributed by atoms with E-state index >= 15 is 0 Å². The lowest BCUT2D eigenvalue weighted by Gasteiger charge is -2.38. The average Bonchev–Trinajstić information content (AvgIpc) is 3.30. The van der Waals surface area contributed by atoms with Crippen molar-refractivity contribution < 1.29 is 53.8 Å². The van der Waals surface area contributed by atoms with E-state index in [1.54, 1.807) is 0 Å². The van der Waals surface area contributed by atoms with Gasteiger partial charge in [-0.2, -0.15) is 0 Å². The van der Waals surface area contributed by atoms with Crippen molar-refractivity contribution in [2.24, 2.45) is 0 Å². The molecule has 0 aromatic rings. The highest BCUT2D eigenvalue weighted by atomic mass is 16.7. The predicted molar refractivity (Wildman–Crippen MR) is 266 cm³/mol. The van der Waals surface area contributed by atoms with Gasteiger partial charge in [0.05, 0.1) is 6.61 Å². The third kappa shape index (κ3) is 35.1. The summed E-state index contributed by atoms with van der Waals surface area (Å²) < 4.78 is 21.8. The molecule has 1 aliphatic rings. The molecule has 1 aliphatic heterocycles. The number of carboxylic acid groups (broad SMARTS) is 1. The van der Waals surface area contributed by atoms with Crippen LogP contribution < -0.4 is 0 Å². The standard InChI is InChI=1S/C55H94O11/c1-3-5-7-9-11-13-15-17-19-21-23-24-26-28-30-32-34-36-38-40-42-44-49(57)65-47(46-64-55-52(60)50(58)51(59)53(66-55)54(61)62)45-63-48(56)43-41-39-37-35-33-31-29-27-25-22-20-18-16-14-12-10-8-6-4-2/h6,8,12,14,18,20,25,27,31,33,47,50-53,55,58-60H,3-5,7,9-11,13,15-17,19,21-24,26,28-30,32,34-46H2,1-2H3,(H,61,62)/b8-6-,14-12-,20-18-,27-25-,33-31-. The normalized spacial score (nSPS) is 19.6. The first-order valence-electron chi connectivity index (χ1n) is 26.3. The van der Waals surface area contributed by atoms with Crippen LogP contribution in [0.1, 0.15) is 219 Å². The molecule has 0 saturated carbocycles. The van der Waals surface area contributed by atoms with Gasteiger partial charge in [-0.1, -0.05) is 209 Å². The zero-order valence-electron chi connectivity index (χ0n) is 41.4. The van der Waals surface area contributed by atoms with Crippen LogP contribution in [-0.4, -0.2) is 88.4 Å². The van der Waals surface area contributed by atoms with E-state index in [0.717, 1.165) is 70.6 Å². The Morgan fingerprint density at radius 2 is 0.894 bits per heavy atom. The minimum atomic E-state index is -1.87. The van der Waals surface area contributed by atoms with E-state index in [1.165, 1.54) is 109 Å². The zero-order chi connectivity index (χ0) is 48.1. The molecule has 0 aromatic carbocycles. The number of aliphatic hydroxyl groups is 3. The molecule has 11 nitrogen and oxygen atoms in total. The maximum Gasteiger partial charge on any atom is 0.335 e. The minimum Gasteiger partial charge on any atom is -0.479 e. The topological polar surface area (TPSA) is 169 Å². The Balaban J connectivity index is 2.31. The van der Waals surface area contributed by atoms with Crippen molar-refractivity contribution in [3.8, 4) is 0 Å². The molecule has 1 rings (SSSR count). The quantitative estimate of drug-likeness (QED) is 0.0261. The SMILES string of the molecule is CC/C=C\C/C=C\C/C=C\C/C=C\C/C=C\CCCCCC(=O)OCC(COC1OC(C(=O)O)C(O)C(O)C1O)OC(=O)CCCCCCCCCCCCCCCCCCCCCCC. The van der Waals surface area contributed by atoms with Crippen molar-refractivity contribution in [2.45, 2.75) is 256 Å². The maximum atomic E-state index is 12.8. The number of aliphatic carboxylic acids is 1. The Kier molecular flexibility index (Phi) is 41.0. The number of rotatable bonds is 44. The van der Waals surface area contributed by atoms with Crippen molar-refractivity contribution in [1.82, 2.24) is 0 Å². The molecule has 66 heavy (non-hydrogen) atoms. The van der Waals surface area contributed by atoms with Gasteiger partial charge in [0.1, 0.15) is 24.9 Å². The maximum absolute atomic E-state index is 12.8. The van der Waals surface area contributed by atoms with E-state index < -0.39 is 61.3 Å². The summed E-state index contributed by atoms with van der Waals surface area (Å²) in [4.78, 5) is 37.0. The molecular weight excluding hydrogens is 837 g/mol. The molecule has 1 saturated heterocycles. The highest BCUT2D eigenvalue weighted by molar-refractivity contribution is 5.73. The predicted octanol–water partition coefficient (Wildman–Crippen LogP) is 12.7.